The zero-order valence-corrected chi connectivity index (χ0v) is 11.1. The van der Waals surface area contributed by atoms with E-state index in [-0.39, 0.29) is 0 Å². The number of hydrogen-bond acceptors (Lipinski definition) is 4. The first-order valence-corrected chi connectivity index (χ1v) is 6.26. The molecule has 0 spiro atoms. The highest BCUT2D eigenvalue weighted by molar-refractivity contribution is 5.29. The van der Waals surface area contributed by atoms with Gasteiger partial charge in [-0.05, 0) is 24.0 Å². The zero-order valence-electron chi connectivity index (χ0n) is 11.1. The van der Waals surface area contributed by atoms with Crippen LogP contribution >= 0.6 is 0 Å². The minimum atomic E-state index is 0.507. The van der Waals surface area contributed by atoms with Crippen molar-refractivity contribution >= 4 is 6.01 Å². The number of benzene rings is 1. The van der Waals surface area contributed by atoms with Crippen molar-refractivity contribution in [1.29, 1.82) is 0 Å². The molecule has 0 aliphatic rings. The summed E-state index contributed by atoms with van der Waals surface area (Å²) in [5.74, 6) is 1.27. The number of anilines is 1. The van der Waals surface area contributed by atoms with Gasteiger partial charge in [-0.1, -0.05) is 43.3 Å². The maximum Gasteiger partial charge on any atom is 0.321 e. The summed E-state index contributed by atoms with van der Waals surface area (Å²) >= 11 is 0. The van der Waals surface area contributed by atoms with Gasteiger partial charge in [-0.15, -0.1) is 0 Å². The summed E-state index contributed by atoms with van der Waals surface area (Å²) in [4.78, 5) is 4.33. The Labute approximate surface area is 107 Å². The zero-order chi connectivity index (χ0) is 13.0. The third-order valence-corrected chi connectivity index (χ3v) is 2.74. The third kappa shape index (κ3) is 3.32. The summed E-state index contributed by atoms with van der Waals surface area (Å²) in [6.07, 6.45) is 0.708. The van der Waals surface area contributed by atoms with Crippen LogP contribution in [0.15, 0.2) is 28.8 Å². The Morgan fingerprint density at radius 1 is 1.28 bits per heavy atom. The first-order chi connectivity index (χ1) is 8.65. The highest BCUT2D eigenvalue weighted by atomic mass is 16.5. The Morgan fingerprint density at radius 3 is 2.78 bits per heavy atom. The number of nitrogens with one attached hydrogen (secondary N) is 1. The molecule has 4 heteroatoms. The Kier molecular flexibility index (Phi) is 3.97. The first-order valence-electron chi connectivity index (χ1n) is 6.26. The lowest BCUT2D eigenvalue weighted by Crippen LogP contribution is -2.08. The van der Waals surface area contributed by atoms with Crippen molar-refractivity contribution in [2.75, 3.05) is 11.9 Å². The smallest absolute Gasteiger partial charge is 0.321 e. The van der Waals surface area contributed by atoms with E-state index in [2.05, 4.69) is 48.4 Å². The molecule has 0 aliphatic heterocycles. The fourth-order valence-corrected chi connectivity index (χ4v) is 1.67. The molecule has 0 bridgehead atoms. The fraction of sp³-hybridized carbons (Fsp3) is 0.429. The fourth-order valence-electron chi connectivity index (χ4n) is 1.67. The van der Waals surface area contributed by atoms with E-state index in [4.69, 9.17) is 4.52 Å². The summed E-state index contributed by atoms with van der Waals surface area (Å²) in [5, 5.41) is 7.11. The Morgan fingerprint density at radius 2 is 2.06 bits per heavy atom. The van der Waals surface area contributed by atoms with Gasteiger partial charge >= 0.3 is 6.01 Å². The van der Waals surface area contributed by atoms with Gasteiger partial charge in [0.2, 0.25) is 0 Å². The van der Waals surface area contributed by atoms with E-state index in [9.17, 15) is 0 Å². The maximum atomic E-state index is 5.15. The van der Waals surface area contributed by atoms with Crippen molar-refractivity contribution in [2.24, 2.45) is 5.92 Å². The molecule has 1 aromatic heterocycles. The van der Waals surface area contributed by atoms with Crippen LogP contribution in [0.3, 0.4) is 0 Å². The van der Waals surface area contributed by atoms with Crippen molar-refractivity contribution in [1.82, 2.24) is 10.1 Å². The molecule has 1 N–H and O–H groups in total. The second-order valence-electron chi connectivity index (χ2n) is 4.89. The van der Waals surface area contributed by atoms with Crippen molar-refractivity contribution in [3.8, 4) is 0 Å². The van der Waals surface area contributed by atoms with Gasteiger partial charge in [-0.2, -0.15) is 4.98 Å². The van der Waals surface area contributed by atoms with Crippen molar-refractivity contribution < 1.29 is 4.52 Å². The number of hydrogen-bond donors (Lipinski definition) is 1. The molecule has 96 valence electrons. The molecule has 18 heavy (non-hydrogen) atoms. The van der Waals surface area contributed by atoms with Gasteiger partial charge in [0.25, 0.3) is 0 Å². The average molecular weight is 245 g/mol. The van der Waals surface area contributed by atoms with Crippen molar-refractivity contribution in [3.05, 3.63) is 41.2 Å². The van der Waals surface area contributed by atoms with Crippen LogP contribution in [0.1, 0.15) is 30.8 Å². The Bertz CT molecular complexity index is 505. The summed E-state index contributed by atoms with van der Waals surface area (Å²) in [5.41, 5.74) is 2.48. The van der Waals surface area contributed by atoms with Gasteiger partial charge in [0.1, 0.15) is 0 Å². The van der Waals surface area contributed by atoms with Crippen LogP contribution < -0.4 is 5.32 Å². The molecule has 1 heterocycles. The normalized spacial score (nSPS) is 10.9. The predicted molar refractivity (Wildman–Crippen MR) is 71.6 cm³/mol. The second-order valence-corrected chi connectivity index (χ2v) is 4.89. The summed E-state index contributed by atoms with van der Waals surface area (Å²) < 4.78 is 5.15. The van der Waals surface area contributed by atoms with Gasteiger partial charge in [0, 0.05) is 13.0 Å². The molecule has 0 atom stereocenters. The lowest BCUT2D eigenvalue weighted by molar-refractivity contribution is 0.421. The van der Waals surface area contributed by atoms with Crippen LogP contribution in [-0.4, -0.2) is 16.7 Å². The summed E-state index contributed by atoms with van der Waals surface area (Å²) in [6, 6.07) is 8.75. The molecule has 0 saturated heterocycles. The van der Waals surface area contributed by atoms with E-state index in [1.54, 1.807) is 0 Å². The lowest BCUT2D eigenvalue weighted by atomic mass is 10.1. The van der Waals surface area contributed by atoms with Crippen LogP contribution in [0.4, 0.5) is 6.01 Å². The van der Waals surface area contributed by atoms with Crippen LogP contribution in [0.2, 0.25) is 0 Å². The van der Waals surface area contributed by atoms with Gasteiger partial charge in [0.05, 0.1) is 0 Å². The molecule has 0 fully saturated rings. The molecular formula is C14H19N3O. The molecule has 1 aromatic carbocycles. The number of nitrogens with zero attached hydrogens (tertiary/aromatic N) is 2. The molecule has 0 amide bonds. The topological polar surface area (TPSA) is 51.0 Å². The predicted octanol–water partition coefficient (Wildman–Crippen LogP) is 3.04. The average Bonchev–Trinajstić information content (AvgIpc) is 2.77. The van der Waals surface area contributed by atoms with E-state index < -0.39 is 0 Å². The summed E-state index contributed by atoms with van der Waals surface area (Å²) in [6.45, 7) is 7.20. The number of aryl methyl sites for hydroxylation is 1. The molecular weight excluding hydrogens is 226 g/mol. The minimum absolute atomic E-state index is 0.507. The molecule has 4 nitrogen and oxygen atoms in total. The van der Waals surface area contributed by atoms with E-state index in [0.29, 0.717) is 18.4 Å². The van der Waals surface area contributed by atoms with Gasteiger partial charge < -0.3 is 9.84 Å². The highest BCUT2D eigenvalue weighted by Gasteiger charge is 2.08. The van der Waals surface area contributed by atoms with Crippen LogP contribution in [0, 0.1) is 12.8 Å². The molecule has 2 aromatic rings. The third-order valence-electron chi connectivity index (χ3n) is 2.74. The number of rotatable bonds is 5. The van der Waals surface area contributed by atoms with Crippen molar-refractivity contribution in [2.45, 2.75) is 27.2 Å². The molecule has 0 aliphatic carbocycles. The van der Waals surface area contributed by atoms with Gasteiger partial charge in [0.15, 0.2) is 5.82 Å². The second kappa shape index (κ2) is 5.67. The first kappa shape index (κ1) is 12.6. The lowest BCUT2D eigenvalue weighted by Gasteiger charge is -2.02. The SMILES string of the molecule is Cc1ccccc1Cc1noc(NCC(C)C)n1. The van der Waals surface area contributed by atoms with Crippen LogP contribution in [-0.2, 0) is 6.42 Å². The quantitative estimate of drug-likeness (QED) is 0.879. The van der Waals surface area contributed by atoms with Gasteiger partial charge in [-0.3, -0.25) is 0 Å². The monoisotopic (exact) mass is 245 g/mol. The molecule has 0 saturated carbocycles. The van der Waals surface area contributed by atoms with E-state index >= 15 is 0 Å². The molecule has 0 radical (unpaired) electrons. The van der Waals surface area contributed by atoms with Gasteiger partial charge in [-0.25, -0.2) is 0 Å². The molecule has 2 rings (SSSR count). The number of aromatic nitrogens is 2. The minimum Gasteiger partial charge on any atom is -0.338 e. The van der Waals surface area contributed by atoms with Crippen LogP contribution in [0.5, 0.6) is 0 Å². The largest absolute Gasteiger partial charge is 0.338 e. The Hall–Kier alpha value is -1.84. The maximum absolute atomic E-state index is 5.15. The van der Waals surface area contributed by atoms with E-state index in [1.807, 2.05) is 12.1 Å². The van der Waals surface area contributed by atoms with E-state index in [1.165, 1.54) is 11.1 Å². The highest BCUT2D eigenvalue weighted by Crippen LogP contribution is 2.13. The van der Waals surface area contributed by atoms with Crippen LogP contribution in [0.25, 0.3) is 0 Å². The summed E-state index contributed by atoms with van der Waals surface area (Å²) in [7, 11) is 0. The van der Waals surface area contributed by atoms with Crippen molar-refractivity contribution in [3.63, 3.8) is 0 Å². The Balaban J connectivity index is 2.00. The molecule has 0 unspecified atom stereocenters. The standard InChI is InChI=1S/C14H19N3O/c1-10(2)9-15-14-16-13(17-18-14)8-12-7-5-4-6-11(12)3/h4-7,10H,8-9H2,1-3H3,(H,15,16,17). The van der Waals surface area contributed by atoms with E-state index in [0.717, 1.165) is 12.4 Å².